The van der Waals surface area contributed by atoms with E-state index in [4.69, 9.17) is 0 Å². The van der Waals surface area contributed by atoms with Crippen molar-refractivity contribution in [1.82, 2.24) is 19.6 Å². The molecule has 0 radical (unpaired) electrons. The summed E-state index contributed by atoms with van der Waals surface area (Å²) in [6, 6.07) is 2.00. The quantitative estimate of drug-likeness (QED) is 0.855. The average Bonchev–Trinajstić information content (AvgIpc) is 2.96. The van der Waals surface area contributed by atoms with Crippen LogP contribution in [0.3, 0.4) is 0 Å². The van der Waals surface area contributed by atoms with E-state index >= 15 is 0 Å². The molecule has 2 rings (SSSR count). The third-order valence-electron chi connectivity index (χ3n) is 2.76. The van der Waals surface area contributed by atoms with E-state index in [-0.39, 0.29) is 12.4 Å². The minimum absolute atomic E-state index is 0. The van der Waals surface area contributed by atoms with E-state index in [1.165, 1.54) is 0 Å². The highest BCUT2D eigenvalue weighted by atomic mass is 35.5. The number of nitrogens with zero attached hydrogens (tertiary/aromatic N) is 4. The molecule has 0 aromatic carbocycles. The number of aromatic nitrogens is 4. The molecule has 2 aromatic heterocycles. The van der Waals surface area contributed by atoms with Crippen molar-refractivity contribution in [2.75, 3.05) is 12.0 Å². The maximum absolute atomic E-state index is 12.2. The average molecular weight is 302 g/mol. The monoisotopic (exact) mass is 301 g/mol. The number of rotatable bonds is 7. The summed E-state index contributed by atoms with van der Waals surface area (Å²) >= 11 is 0. The van der Waals surface area contributed by atoms with Gasteiger partial charge in [-0.3, -0.25) is 9.36 Å². The van der Waals surface area contributed by atoms with Crippen LogP contribution in [0.4, 0.5) is 10.1 Å². The second-order valence-electron chi connectivity index (χ2n) is 4.93. The predicted molar refractivity (Wildman–Crippen MR) is 79.8 cm³/mol. The van der Waals surface area contributed by atoms with Gasteiger partial charge in [0, 0.05) is 18.9 Å². The molecule has 5 nitrogen and oxygen atoms in total. The van der Waals surface area contributed by atoms with Crippen LogP contribution in [0.25, 0.3) is 0 Å². The van der Waals surface area contributed by atoms with Crippen LogP contribution in [0.5, 0.6) is 0 Å². The Hall–Kier alpha value is -1.56. The molecule has 7 heteroatoms. The fourth-order valence-electron chi connectivity index (χ4n) is 1.88. The van der Waals surface area contributed by atoms with Crippen molar-refractivity contribution >= 4 is 18.1 Å². The molecule has 1 N–H and O–H groups in total. The molecular formula is C13H21ClFN5. The second kappa shape index (κ2) is 7.89. The van der Waals surface area contributed by atoms with Gasteiger partial charge in [-0.05, 0) is 12.0 Å². The van der Waals surface area contributed by atoms with Crippen LogP contribution in [0, 0.1) is 5.92 Å². The van der Waals surface area contributed by atoms with E-state index in [0.29, 0.717) is 19.0 Å². The minimum Gasteiger partial charge on any atom is -0.377 e. The van der Waals surface area contributed by atoms with Crippen molar-refractivity contribution in [3.05, 3.63) is 30.4 Å². The molecule has 0 atom stereocenters. The number of hydrogen-bond acceptors (Lipinski definition) is 3. The van der Waals surface area contributed by atoms with E-state index < -0.39 is 6.67 Å². The van der Waals surface area contributed by atoms with Crippen LogP contribution < -0.4 is 5.32 Å². The van der Waals surface area contributed by atoms with E-state index in [9.17, 15) is 4.39 Å². The lowest BCUT2D eigenvalue weighted by Gasteiger charge is -2.10. The summed E-state index contributed by atoms with van der Waals surface area (Å²) in [5.74, 6) is 0.561. The Morgan fingerprint density at radius 1 is 1.35 bits per heavy atom. The van der Waals surface area contributed by atoms with Crippen molar-refractivity contribution in [2.24, 2.45) is 5.92 Å². The van der Waals surface area contributed by atoms with Gasteiger partial charge in [-0.25, -0.2) is 4.39 Å². The SMILES string of the molecule is CC(C)Cn1nccc1CNc1cnn(CCF)c1.Cl. The summed E-state index contributed by atoms with van der Waals surface area (Å²) in [7, 11) is 0. The molecule has 0 spiro atoms. The highest BCUT2D eigenvalue weighted by Crippen LogP contribution is 2.09. The molecule has 0 amide bonds. The highest BCUT2D eigenvalue weighted by Gasteiger charge is 2.05. The van der Waals surface area contributed by atoms with Crippen LogP contribution in [0.2, 0.25) is 0 Å². The van der Waals surface area contributed by atoms with E-state index in [1.807, 2.05) is 23.1 Å². The van der Waals surface area contributed by atoms with Crippen molar-refractivity contribution in [3.63, 3.8) is 0 Å². The largest absolute Gasteiger partial charge is 0.377 e. The zero-order chi connectivity index (χ0) is 13.7. The highest BCUT2D eigenvalue weighted by molar-refractivity contribution is 5.85. The van der Waals surface area contributed by atoms with Crippen LogP contribution >= 0.6 is 12.4 Å². The Bertz CT molecular complexity index is 508. The number of halogens is 2. The van der Waals surface area contributed by atoms with Gasteiger partial charge < -0.3 is 5.32 Å². The van der Waals surface area contributed by atoms with Gasteiger partial charge in [0.2, 0.25) is 0 Å². The molecule has 0 fully saturated rings. The van der Waals surface area contributed by atoms with Gasteiger partial charge in [0.15, 0.2) is 0 Å². The Morgan fingerprint density at radius 2 is 2.15 bits per heavy atom. The zero-order valence-electron chi connectivity index (χ0n) is 11.8. The summed E-state index contributed by atoms with van der Waals surface area (Å²) in [5.41, 5.74) is 2.03. The Labute approximate surface area is 124 Å². The van der Waals surface area contributed by atoms with E-state index in [2.05, 4.69) is 29.4 Å². The lowest BCUT2D eigenvalue weighted by atomic mass is 10.2. The van der Waals surface area contributed by atoms with Crippen molar-refractivity contribution in [2.45, 2.75) is 33.5 Å². The van der Waals surface area contributed by atoms with Crippen LogP contribution in [0.15, 0.2) is 24.7 Å². The van der Waals surface area contributed by atoms with Gasteiger partial charge in [-0.15, -0.1) is 12.4 Å². The molecule has 2 heterocycles. The molecule has 0 aliphatic rings. The first-order valence-corrected chi connectivity index (χ1v) is 6.52. The van der Waals surface area contributed by atoms with Gasteiger partial charge in [0.05, 0.1) is 30.7 Å². The van der Waals surface area contributed by atoms with E-state index in [0.717, 1.165) is 17.9 Å². The molecule has 0 unspecified atom stereocenters. The fraction of sp³-hybridized carbons (Fsp3) is 0.538. The number of aryl methyl sites for hydroxylation is 1. The van der Waals surface area contributed by atoms with Gasteiger partial charge in [0.1, 0.15) is 6.67 Å². The molecule has 112 valence electrons. The zero-order valence-corrected chi connectivity index (χ0v) is 12.6. The van der Waals surface area contributed by atoms with Crippen molar-refractivity contribution in [3.8, 4) is 0 Å². The number of anilines is 1. The van der Waals surface area contributed by atoms with Gasteiger partial charge in [-0.2, -0.15) is 10.2 Å². The molecular weight excluding hydrogens is 281 g/mol. The number of nitrogens with one attached hydrogen (secondary N) is 1. The van der Waals surface area contributed by atoms with E-state index in [1.54, 1.807) is 10.9 Å². The molecule has 2 aromatic rings. The standard InChI is InChI=1S/C13H20FN5.ClH/c1-11(2)9-19-13(3-5-16-19)8-15-12-7-17-18(10-12)6-4-14;/h3,5,7,10-11,15H,4,6,8-9H2,1-2H3;1H. The van der Waals surface area contributed by atoms with Gasteiger partial charge in [-0.1, -0.05) is 13.8 Å². The molecule has 0 aliphatic heterocycles. The maximum Gasteiger partial charge on any atom is 0.109 e. The summed E-state index contributed by atoms with van der Waals surface area (Å²) in [6.07, 6.45) is 5.33. The summed E-state index contributed by atoms with van der Waals surface area (Å²) in [4.78, 5) is 0. The molecule has 0 saturated carbocycles. The minimum atomic E-state index is -0.401. The van der Waals surface area contributed by atoms with Gasteiger partial charge >= 0.3 is 0 Å². The van der Waals surface area contributed by atoms with Gasteiger partial charge in [0.25, 0.3) is 0 Å². The molecule has 0 bridgehead atoms. The number of alkyl halides is 1. The first kappa shape index (κ1) is 16.5. The topological polar surface area (TPSA) is 47.7 Å². The Balaban J connectivity index is 0.00000200. The maximum atomic E-state index is 12.2. The first-order chi connectivity index (χ1) is 9.19. The van der Waals surface area contributed by atoms with Crippen LogP contribution in [-0.4, -0.2) is 26.2 Å². The van der Waals surface area contributed by atoms with Crippen LogP contribution in [-0.2, 0) is 19.6 Å². The smallest absolute Gasteiger partial charge is 0.109 e. The summed E-state index contributed by atoms with van der Waals surface area (Å²) < 4.78 is 15.8. The fourth-order valence-corrected chi connectivity index (χ4v) is 1.88. The van der Waals surface area contributed by atoms with Crippen LogP contribution in [0.1, 0.15) is 19.5 Å². The predicted octanol–water partition coefficient (Wildman–Crippen LogP) is 2.74. The Morgan fingerprint density at radius 3 is 2.85 bits per heavy atom. The molecule has 20 heavy (non-hydrogen) atoms. The Kier molecular flexibility index (Phi) is 6.51. The first-order valence-electron chi connectivity index (χ1n) is 6.52. The summed E-state index contributed by atoms with van der Waals surface area (Å²) in [6.45, 7) is 5.83. The molecule has 0 saturated heterocycles. The second-order valence-corrected chi connectivity index (χ2v) is 4.93. The third-order valence-corrected chi connectivity index (χ3v) is 2.76. The number of hydrogen-bond donors (Lipinski definition) is 1. The van der Waals surface area contributed by atoms with Crippen molar-refractivity contribution < 1.29 is 4.39 Å². The lowest BCUT2D eigenvalue weighted by molar-refractivity contribution is 0.427. The molecule has 0 aliphatic carbocycles. The lowest BCUT2D eigenvalue weighted by Crippen LogP contribution is -2.12. The summed E-state index contributed by atoms with van der Waals surface area (Å²) in [5, 5.41) is 11.7. The third kappa shape index (κ3) is 4.52. The normalized spacial score (nSPS) is 10.6. The van der Waals surface area contributed by atoms with Crippen molar-refractivity contribution in [1.29, 1.82) is 0 Å².